The molecule has 6 heteroatoms. The van der Waals surface area contributed by atoms with Crippen LogP contribution in [0.25, 0.3) is 10.8 Å². The highest BCUT2D eigenvalue weighted by Crippen LogP contribution is 2.45. The smallest absolute Gasteiger partial charge is 0.264 e. The van der Waals surface area contributed by atoms with E-state index in [0.29, 0.717) is 16.3 Å². The lowest BCUT2D eigenvalue weighted by Gasteiger charge is -2.23. The number of furan rings is 1. The molecule has 1 aromatic heterocycles. The van der Waals surface area contributed by atoms with Gasteiger partial charge in [0.1, 0.15) is 0 Å². The molecule has 3 aromatic carbocycles. The van der Waals surface area contributed by atoms with Crippen molar-refractivity contribution in [3.8, 4) is 0 Å². The van der Waals surface area contributed by atoms with Crippen molar-refractivity contribution in [2.45, 2.75) is 18.6 Å². The van der Waals surface area contributed by atoms with Crippen molar-refractivity contribution >= 4 is 39.8 Å². The Morgan fingerprint density at radius 1 is 1.03 bits per heavy atom. The number of anilines is 1. The minimum atomic E-state index is -2.02. The number of halogens is 1. The number of nitrogens with zero attached hydrogens (tertiary/aromatic N) is 1. The van der Waals surface area contributed by atoms with E-state index >= 15 is 0 Å². The summed E-state index contributed by atoms with van der Waals surface area (Å²) in [6, 6.07) is 21.8. The number of hydrogen-bond donors (Lipinski definition) is 1. The standard InChI is InChI=1S/C25H18ClNO4/c26-18-10-11-21-20(13-18)25(30,14-22(28)23-9-4-12-31-23)24(29)27(21)15-17-7-3-6-16-5-1-2-8-19(16)17/h1-13,30H,14-15H2/t25-/m0/s1. The first-order valence-electron chi connectivity index (χ1n) is 9.85. The number of amides is 1. The summed E-state index contributed by atoms with van der Waals surface area (Å²) in [4.78, 5) is 27.7. The quantitative estimate of drug-likeness (QED) is 0.446. The molecule has 0 bridgehead atoms. The van der Waals surface area contributed by atoms with Crippen molar-refractivity contribution in [2.75, 3.05) is 4.90 Å². The highest BCUT2D eigenvalue weighted by Gasteiger charge is 2.51. The lowest BCUT2D eigenvalue weighted by atomic mass is 9.89. The first-order valence-corrected chi connectivity index (χ1v) is 10.2. The number of benzene rings is 3. The second kappa shape index (κ2) is 7.38. The summed E-state index contributed by atoms with van der Waals surface area (Å²) in [7, 11) is 0. The highest BCUT2D eigenvalue weighted by atomic mass is 35.5. The molecule has 0 aliphatic carbocycles. The number of carbonyl (C=O) groups excluding carboxylic acids is 2. The Bertz CT molecular complexity index is 1310. The Kier molecular flexibility index (Phi) is 4.65. The first-order chi connectivity index (χ1) is 15.0. The molecule has 1 aliphatic heterocycles. The molecule has 2 heterocycles. The van der Waals surface area contributed by atoms with Crippen LogP contribution in [0.4, 0.5) is 5.69 Å². The molecule has 1 atom stereocenters. The van der Waals surface area contributed by atoms with Crippen molar-refractivity contribution in [3.63, 3.8) is 0 Å². The van der Waals surface area contributed by atoms with Crippen molar-refractivity contribution < 1.29 is 19.1 Å². The zero-order valence-electron chi connectivity index (χ0n) is 16.4. The van der Waals surface area contributed by atoms with Gasteiger partial charge >= 0.3 is 0 Å². The first kappa shape index (κ1) is 19.5. The van der Waals surface area contributed by atoms with E-state index in [4.69, 9.17) is 16.0 Å². The molecule has 0 saturated carbocycles. The van der Waals surface area contributed by atoms with Crippen LogP contribution in [0.2, 0.25) is 5.02 Å². The zero-order chi connectivity index (χ0) is 21.6. The van der Waals surface area contributed by atoms with Crippen molar-refractivity contribution in [3.05, 3.63) is 101 Å². The van der Waals surface area contributed by atoms with Gasteiger partial charge in [0.05, 0.1) is 24.9 Å². The molecule has 1 N–H and O–H groups in total. The minimum absolute atomic E-state index is 0.0947. The van der Waals surface area contributed by atoms with E-state index in [-0.39, 0.29) is 12.3 Å². The number of fused-ring (bicyclic) bond motifs is 2. The van der Waals surface area contributed by atoms with Crippen molar-refractivity contribution in [1.29, 1.82) is 0 Å². The number of aliphatic hydroxyl groups is 1. The maximum atomic E-state index is 13.5. The van der Waals surface area contributed by atoms with E-state index in [1.165, 1.54) is 17.2 Å². The summed E-state index contributed by atoms with van der Waals surface area (Å²) in [5.74, 6) is -0.923. The Morgan fingerprint density at radius 2 is 1.84 bits per heavy atom. The molecule has 1 aliphatic rings. The minimum Gasteiger partial charge on any atom is -0.461 e. The lowest BCUT2D eigenvalue weighted by molar-refractivity contribution is -0.136. The van der Waals surface area contributed by atoms with Gasteiger partial charge in [0.25, 0.3) is 5.91 Å². The fourth-order valence-electron chi connectivity index (χ4n) is 4.21. The van der Waals surface area contributed by atoms with Gasteiger partial charge in [-0.05, 0) is 46.7 Å². The Morgan fingerprint density at radius 3 is 2.65 bits per heavy atom. The normalized spacial score (nSPS) is 17.9. The summed E-state index contributed by atoms with van der Waals surface area (Å²) >= 11 is 6.18. The van der Waals surface area contributed by atoms with Gasteiger partial charge in [0.2, 0.25) is 5.78 Å². The van der Waals surface area contributed by atoms with Gasteiger partial charge < -0.3 is 14.4 Å². The molecule has 31 heavy (non-hydrogen) atoms. The fourth-order valence-corrected chi connectivity index (χ4v) is 4.38. The predicted molar refractivity (Wildman–Crippen MR) is 118 cm³/mol. The van der Waals surface area contributed by atoms with E-state index < -0.39 is 23.7 Å². The number of ketones is 1. The average Bonchev–Trinajstić information content (AvgIpc) is 3.37. The molecule has 0 spiro atoms. The molecule has 5 rings (SSSR count). The lowest BCUT2D eigenvalue weighted by Crippen LogP contribution is -2.41. The van der Waals surface area contributed by atoms with Crippen LogP contribution in [0.1, 0.15) is 28.1 Å². The summed E-state index contributed by atoms with van der Waals surface area (Å²) < 4.78 is 5.16. The van der Waals surface area contributed by atoms with Gasteiger partial charge in [-0.3, -0.25) is 9.59 Å². The maximum absolute atomic E-state index is 13.5. The van der Waals surface area contributed by atoms with E-state index in [9.17, 15) is 14.7 Å². The Labute approximate surface area is 183 Å². The molecule has 0 saturated heterocycles. The third-order valence-corrected chi connectivity index (χ3v) is 5.95. The van der Waals surface area contributed by atoms with Crippen LogP contribution in [-0.2, 0) is 16.9 Å². The summed E-state index contributed by atoms with van der Waals surface area (Å²) in [6.45, 7) is 0.256. The molecule has 0 unspecified atom stereocenters. The van der Waals surface area contributed by atoms with Crippen molar-refractivity contribution in [2.24, 2.45) is 0 Å². The molecule has 154 valence electrons. The monoisotopic (exact) mass is 431 g/mol. The van der Waals surface area contributed by atoms with Gasteiger partial charge in [-0.15, -0.1) is 0 Å². The average molecular weight is 432 g/mol. The second-order valence-corrected chi connectivity index (χ2v) is 8.07. The zero-order valence-corrected chi connectivity index (χ0v) is 17.2. The molecule has 4 aromatic rings. The largest absolute Gasteiger partial charge is 0.461 e. The topological polar surface area (TPSA) is 70.8 Å². The van der Waals surface area contributed by atoms with Gasteiger partial charge in [0, 0.05) is 10.6 Å². The van der Waals surface area contributed by atoms with Crippen LogP contribution in [0.3, 0.4) is 0 Å². The predicted octanol–water partition coefficient (Wildman–Crippen LogP) is 5.09. The molecular weight excluding hydrogens is 414 g/mol. The highest BCUT2D eigenvalue weighted by molar-refractivity contribution is 6.31. The van der Waals surface area contributed by atoms with Crippen LogP contribution in [-0.4, -0.2) is 16.8 Å². The number of carbonyl (C=O) groups is 2. The van der Waals surface area contributed by atoms with Crippen molar-refractivity contribution in [1.82, 2.24) is 0 Å². The molecular formula is C25H18ClNO4. The summed E-state index contributed by atoms with van der Waals surface area (Å²) in [5, 5.41) is 13.9. The van der Waals surface area contributed by atoms with Crippen LogP contribution in [0.15, 0.2) is 83.5 Å². The number of Topliss-reactive ketones (excluding diaryl/α,β-unsaturated/α-hetero) is 1. The SMILES string of the molecule is O=C(C[C@@]1(O)C(=O)N(Cc2cccc3ccccc23)c2ccc(Cl)cc21)c1ccco1. The summed E-state index contributed by atoms with van der Waals surface area (Å²) in [6.07, 6.45) is 0.949. The van der Waals surface area contributed by atoms with Crippen LogP contribution < -0.4 is 4.90 Å². The van der Waals surface area contributed by atoms with Crippen LogP contribution >= 0.6 is 11.6 Å². The molecule has 0 radical (unpaired) electrons. The van der Waals surface area contributed by atoms with E-state index in [2.05, 4.69) is 0 Å². The molecule has 0 fully saturated rings. The Hall–Kier alpha value is -3.41. The Balaban J connectivity index is 1.56. The number of rotatable bonds is 5. The summed E-state index contributed by atoms with van der Waals surface area (Å²) in [5.41, 5.74) is -0.217. The number of hydrogen-bond acceptors (Lipinski definition) is 4. The third kappa shape index (κ3) is 3.23. The molecule has 1 amide bonds. The third-order valence-electron chi connectivity index (χ3n) is 5.71. The second-order valence-electron chi connectivity index (χ2n) is 7.63. The van der Waals surface area contributed by atoms with Gasteiger partial charge in [-0.1, -0.05) is 54.1 Å². The van der Waals surface area contributed by atoms with Crippen LogP contribution in [0, 0.1) is 0 Å². The van der Waals surface area contributed by atoms with E-state index in [1.807, 2.05) is 42.5 Å². The van der Waals surface area contributed by atoms with E-state index in [1.54, 1.807) is 24.3 Å². The van der Waals surface area contributed by atoms with Gasteiger partial charge in [0.15, 0.2) is 11.4 Å². The van der Waals surface area contributed by atoms with Gasteiger partial charge in [-0.25, -0.2) is 0 Å². The van der Waals surface area contributed by atoms with Crippen LogP contribution in [0.5, 0.6) is 0 Å². The van der Waals surface area contributed by atoms with Gasteiger partial charge in [-0.2, -0.15) is 0 Å². The molecule has 5 nitrogen and oxygen atoms in total. The van der Waals surface area contributed by atoms with E-state index in [0.717, 1.165) is 16.3 Å². The maximum Gasteiger partial charge on any atom is 0.264 e. The fraction of sp³-hybridized carbons (Fsp3) is 0.120.